The molecule has 0 N–H and O–H groups in total. The molecule has 0 aliphatic carbocycles. The van der Waals surface area contributed by atoms with Crippen LogP contribution in [-0.2, 0) is 0 Å². The van der Waals surface area contributed by atoms with E-state index in [1.54, 1.807) is 0 Å². The maximum Gasteiger partial charge on any atom is 1.00 e. The zero-order valence-corrected chi connectivity index (χ0v) is 11.5. The van der Waals surface area contributed by atoms with Crippen molar-refractivity contribution in [1.82, 2.24) is 0 Å². The van der Waals surface area contributed by atoms with Crippen LogP contribution < -0.4 is 51.4 Å². The van der Waals surface area contributed by atoms with Gasteiger partial charge in [-0.15, -0.1) is 0 Å². The topological polar surface area (TPSA) is 0 Å². The van der Waals surface area contributed by atoms with Gasteiger partial charge in [-0.25, -0.2) is 0 Å². The average Bonchev–Trinajstić information content (AvgIpc) is 1.95. The van der Waals surface area contributed by atoms with Gasteiger partial charge in [0.05, 0.1) is 0 Å². The van der Waals surface area contributed by atoms with Gasteiger partial charge in [-0.3, -0.25) is 0 Å². The maximum atomic E-state index is 2.33. The molecule has 0 aromatic heterocycles. The molecule has 0 rings (SSSR count). The molecule has 2 heteroatoms. The largest absolute Gasteiger partial charge is 1.00 e. The van der Waals surface area contributed by atoms with Crippen LogP contribution >= 0.6 is 0 Å². The van der Waals surface area contributed by atoms with Crippen LogP contribution in [-0.4, -0.2) is 6.15 Å². The SMILES string of the molecule is CC[B-](CC)(CC)CC.[K+]. The summed E-state index contributed by atoms with van der Waals surface area (Å²) in [5, 5.41) is 0. The first-order chi connectivity index (χ1) is 4.24. The first kappa shape index (κ1) is 14.2. The van der Waals surface area contributed by atoms with Crippen molar-refractivity contribution in [2.24, 2.45) is 0 Å². The van der Waals surface area contributed by atoms with E-state index in [0.29, 0.717) is 0 Å². The molecule has 0 atom stereocenters. The molecule has 0 amide bonds. The van der Waals surface area contributed by atoms with Crippen LogP contribution in [0.1, 0.15) is 27.7 Å². The van der Waals surface area contributed by atoms with E-state index in [2.05, 4.69) is 27.7 Å². The zero-order chi connectivity index (χ0) is 7.33. The van der Waals surface area contributed by atoms with Crippen LogP contribution in [0.5, 0.6) is 0 Å². The van der Waals surface area contributed by atoms with E-state index < -0.39 is 0 Å². The van der Waals surface area contributed by atoms with E-state index in [4.69, 9.17) is 0 Å². The molecule has 0 nitrogen and oxygen atoms in total. The fourth-order valence-corrected chi connectivity index (χ4v) is 1.73. The molecule has 0 aromatic rings. The van der Waals surface area contributed by atoms with Crippen LogP contribution in [0.4, 0.5) is 0 Å². The number of hydrogen-bond donors (Lipinski definition) is 0. The molecule has 0 bridgehead atoms. The molecule has 0 unspecified atom stereocenters. The summed E-state index contributed by atoms with van der Waals surface area (Å²) in [6.45, 7) is 9.32. The second kappa shape index (κ2) is 7.36. The monoisotopic (exact) mass is 166 g/mol. The van der Waals surface area contributed by atoms with Crippen molar-refractivity contribution in [1.29, 1.82) is 0 Å². The summed E-state index contributed by atoms with van der Waals surface area (Å²) in [6.07, 6.45) is 5.68. The van der Waals surface area contributed by atoms with Gasteiger partial charge in [-0.2, -0.15) is 25.3 Å². The summed E-state index contributed by atoms with van der Waals surface area (Å²) in [5.74, 6) is 0. The zero-order valence-electron chi connectivity index (χ0n) is 8.41. The van der Waals surface area contributed by atoms with Crippen LogP contribution in [0.2, 0.25) is 25.3 Å². The van der Waals surface area contributed by atoms with E-state index in [0.717, 1.165) is 0 Å². The Kier molecular flexibility index (Phi) is 10.5. The van der Waals surface area contributed by atoms with Crippen molar-refractivity contribution in [3.05, 3.63) is 0 Å². The Morgan fingerprint density at radius 3 is 0.900 bits per heavy atom. The molecule has 56 valence electrons. The van der Waals surface area contributed by atoms with Gasteiger partial charge in [0, 0.05) is 0 Å². The molecule has 0 aliphatic heterocycles. The predicted octanol–water partition coefficient (Wildman–Crippen LogP) is 0.519. The van der Waals surface area contributed by atoms with E-state index >= 15 is 0 Å². The Hall–Kier alpha value is 1.70. The van der Waals surface area contributed by atoms with Crippen LogP contribution in [0, 0.1) is 0 Å². The summed E-state index contributed by atoms with van der Waals surface area (Å²) < 4.78 is 0. The van der Waals surface area contributed by atoms with E-state index in [9.17, 15) is 0 Å². The first-order valence-corrected chi connectivity index (χ1v) is 4.46. The van der Waals surface area contributed by atoms with Crippen molar-refractivity contribution >= 4 is 6.15 Å². The van der Waals surface area contributed by atoms with Gasteiger partial charge in [-0.1, -0.05) is 27.7 Å². The van der Waals surface area contributed by atoms with Crippen molar-refractivity contribution in [2.75, 3.05) is 0 Å². The standard InChI is InChI=1S/C8H20B.K/c1-5-9(6-2,7-3)8-4;/h5-8H2,1-4H3;/q-1;+1. The molecule has 0 saturated carbocycles. The molecule has 10 heavy (non-hydrogen) atoms. The van der Waals surface area contributed by atoms with Crippen molar-refractivity contribution in [3.63, 3.8) is 0 Å². The van der Waals surface area contributed by atoms with Crippen molar-refractivity contribution < 1.29 is 51.4 Å². The fourth-order valence-electron chi connectivity index (χ4n) is 1.73. The molecule has 0 saturated heterocycles. The Balaban J connectivity index is 0. The van der Waals surface area contributed by atoms with Gasteiger partial charge in [0.25, 0.3) is 0 Å². The van der Waals surface area contributed by atoms with Gasteiger partial charge < -0.3 is 0 Å². The molecule has 0 heterocycles. The fraction of sp³-hybridized carbons (Fsp3) is 1.00. The smallest absolute Gasteiger partial charge is 0.181 e. The third-order valence-electron chi connectivity index (χ3n) is 3.46. The molecular weight excluding hydrogens is 146 g/mol. The third kappa shape index (κ3) is 3.91. The van der Waals surface area contributed by atoms with Crippen LogP contribution in [0.15, 0.2) is 0 Å². The quantitative estimate of drug-likeness (QED) is 0.534. The maximum absolute atomic E-state index is 2.33. The normalized spacial score (nSPS) is 10.8. The van der Waals surface area contributed by atoms with Gasteiger partial charge >= 0.3 is 51.4 Å². The summed E-state index contributed by atoms with van der Waals surface area (Å²) in [4.78, 5) is 0. The Morgan fingerprint density at radius 2 is 0.900 bits per heavy atom. The Labute approximate surface area is 109 Å². The summed E-state index contributed by atoms with van der Waals surface area (Å²) in [5.41, 5.74) is 0. The average molecular weight is 166 g/mol. The Morgan fingerprint density at radius 1 is 0.700 bits per heavy atom. The molecule has 0 spiro atoms. The van der Waals surface area contributed by atoms with E-state index in [-0.39, 0.29) is 57.5 Å². The summed E-state index contributed by atoms with van der Waals surface area (Å²) in [6, 6.07) is 0. The van der Waals surface area contributed by atoms with Crippen molar-refractivity contribution in [3.8, 4) is 0 Å². The minimum Gasteiger partial charge on any atom is -0.181 e. The number of hydrogen-bond acceptors (Lipinski definition) is 0. The van der Waals surface area contributed by atoms with Crippen LogP contribution in [0.25, 0.3) is 0 Å². The van der Waals surface area contributed by atoms with Gasteiger partial charge in [0.15, 0.2) is 0 Å². The minimum atomic E-state index is 0. The van der Waals surface area contributed by atoms with Crippen LogP contribution in [0.3, 0.4) is 0 Å². The first-order valence-electron chi connectivity index (χ1n) is 4.46. The van der Waals surface area contributed by atoms with Gasteiger partial charge in [0.2, 0.25) is 0 Å². The third-order valence-corrected chi connectivity index (χ3v) is 3.46. The second-order valence-corrected chi connectivity index (χ2v) is 3.37. The molecule has 0 aliphatic rings. The summed E-state index contributed by atoms with van der Waals surface area (Å²) >= 11 is 0. The molecule has 0 fully saturated rings. The Bertz CT molecular complexity index is 52.1. The van der Waals surface area contributed by atoms with E-state index in [1.807, 2.05) is 0 Å². The summed E-state index contributed by atoms with van der Waals surface area (Å²) in [7, 11) is 0. The molecular formula is C8H20BK. The minimum absolute atomic E-state index is 0. The van der Waals surface area contributed by atoms with Gasteiger partial charge in [0.1, 0.15) is 0 Å². The second-order valence-electron chi connectivity index (χ2n) is 3.37. The molecule has 0 aromatic carbocycles. The molecule has 0 radical (unpaired) electrons. The van der Waals surface area contributed by atoms with E-state index in [1.165, 1.54) is 25.3 Å². The van der Waals surface area contributed by atoms with Gasteiger partial charge in [-0.05, 0) is 6.15 Å². The predicted molar refractivity (Wildman–Crippen MR) is 47.7 cm³/mol. The van der Waals surface area contributed by atoms with Crippen molar-refractivity contribution in [2.45, 2.75) is 53.0 Å². The number of rotatable bonds is 4.